The maximum atomic E-state index is 5.81. The van der Waals surface area contributed by atoms with Gasteiger partial charge in [0.2, 0.25) is 0 Å². The molecule has 1 unspecified atom stereocenters. The minimum Gasteiger partial charge on any atom is -0.492 e. The number of hydrogen-bond acceptors (Lipinski definition) is 4. The zero-order valence-corrected chi connectivity index (χ0v) is 10.8. The second-order valence-electron chi connectivity index (χ2n) is 3.74. The van der Waals surface area contributed by atoms with E-state index in [1.165, 1.54) is 0 Å². The molecule has 1 aromatic heterocycles. The zero-order chi connectivity index (χ0) is 12.8. The Morgan fingerprint density at radius 2 is 2.06 bits per heavy atom. The van der Waals surface area contributed by atoms with Crippen LogP contribution < -0.4 is 10.1 Å². The van der Waals surface area contributed by atoms with E-state index in [4.69, 9.17) is 16.3 Å². The molecule has 0 spiro atoms. The van der Waals surface area contributed by atoms with Crippen molar-refractivity contribution in [1.29, 1.82) is 0 Å². The Hall–Kier alpha value is -1.65. The topological polar surface area (TPSA) is 47.0 Å². The molecule has 0 aliphatic rings. The van der Waals surface area contributed by atoms with Crippen LogP contribution in [-0.2, 0) is 0 Å². The van der Waals surface area contributed by atoms with Crippen molar-refractivity contribution < 1.29 is 4.74 Å². The van der Waals surface area contributed by atoms with E-state index >= 15 is 0 Å². The van der Waals surface area contributed by atoms with E-state index < -0.39 is 0 Å². The molecule has 5 heteroatoms. The maximum Gasteiger partial charge on any atom is 0.119 e. The number of nitrogens with zero attached hydrogens (tertiary/aromatic N) is 2. The van der Waals surface area contributed by atoms with Crippen LogP contribution in [0.25, 0.3) is 0 Å². The third-order valence-corrected chi connectivity index (χ3v) is 2.77. The van der Waals surface area contributed by atoms with E-state index in [1.807, 2.05) is 19.2 Å². The van der Waals surface area contributed by atoms with Gasteiger partial charge in [-0.15, -0.1) is 0 Å². The van der Waals surface area contributed by atoms with Crippen LogP contribution in [0, 0.1) is 0 Å². The highest BCUT2D eigenvalue weighted by Gasteiger charge is 2.11. The molecule has 2 aromatic rings. The fraction of sp³-hybridized carbons (Fsp3) is 0.231. The first-order valence-electron chi connectivity index (χ1n) is 5.61. The summed E-state index contributed by atoms with van der Waals surface area (Å²) in [4.78, 5) is 8.29. The monoisotopic (exact) mass is 263 g/mol. The summed E-state index contributed by atoms with van der Waals surface area (Å²) in [7, 11) is 1.87. The first-order chi connectivity index (χ1) is 8.79. The van der Waals surface area contributed by atoms with E-state index in [-0.39, 0.29) is 6.04 Å². The van der Waals surface area contributed by atoms with Crippen LogP contribution in [-0.4, -0.2) is 23.6 Å². The molecule has 1 atom stereocenters. The first kappa shape index (κ1) is 12.8. The molecule has 0 saturated carbocycles. The summed E-state index contributed by atoms with van der Waals surface area (Å²) >= 11 is 5.81. The molecule has 0 saturated heterocycles. The lowest BCUT2D eigenvalue weighted by Crippen LogP contribution is -2.24. The van der Waals surface area contributed by atoms with Crippen LogP contribution >= 0.6 is 11.6 Å². The number of ether oxygens (including phenoxy) is 1. The zero-order valence-electron chi connectivity index (χ0n) is 10.0. The smallest absolute Gasteiger partial charge is 0.119 e. The van der Waals surface area contributed by atoms with Crippen molar-refractivity contribution in [1.82, 2.24) is 15.3 Å². The Morgan fingerprint density at radius 3 is 2.67 bits per heavy atom. The lowest BCUT2D eigenvalue weighted by molar-refractivity contribution is 0.270. The molecule has 0 aliphatic heterocycles. The summed E-state index contributed by atoms with van der Waals surface area (Å²) in [6.45, 7) is 0.483. The Morgan fingerprint density at radius 1 is 1.28 bits per heavy atom. The Balaban J connectivity index is 1.97. The van der Waals surface area contributed by atoms with Gasteiger partial charge in [0.05, 0.1) is 17.9 Å². The highest BCUT2D eigenvalue weighted by Crippen LogP contribution is 2.17. The molecular weight excluding hydrogens is 250 g/mol. The molecular formula is C13H14ClN3O. The second-order valence-corrected chi connectivity index (χ2v) is 4.17. The van der Waals surface area contributed by atoms with Gasteiger partial charge in [-0.1, -0.05) is 11.6 Å². The highest BCUT2D eigenvalue weighted by atomic mass is 35.5. The molecule has 2 rings (SSSR count). The van der Waals surface area contributed by atoms with E-state index in [2.05, 4.69) is 15.3 Å². The van der Waals surface area contributed by atoms with Gasteiger partial charge in [-0.3, -0.25) is 9.97 Å². The van der Waals surface area contributed by atoms with Gasteiger partial charge in [-0.2, -0.15) is 0 Å². The fourth-order valence-electron chi connectivity index (χ4n) is 1.52. The quantitative estimate of drug-likeness (QED) is 0.900. The molecule has 1 heterocycles. The SMILES string of the molecule is CNC(COc1ccc(Cl)cc1)c1cnccn1. The van der Waals surface area contributed by atoms with Crippen molar-refractivity contribution in [3.05, 3.63) is 53.6 Å². The molecule has 4 nitrogen and oxygen atoms in total. The molecule has 0 fully saturated rings. The molecule has 0 amide bonds. The van der Waals surface area contributed by atoms with Crippen molar-refractivity contribution in [2.75, 3.05) is 13.7 Å². The Bertz CT molecular complexity index is 475. The van der Waals surface area contributed by atoms with E-state index in [0.717, 1.165) is 11.4 Å². The number of benzene rings is 1. The molecule has 94 valence electrons. The van der Waals surface area contributed by atoms with Gasteiger partial charge in [-0.05, 0) is 31.3 Å². The van der Waals surface area contributed by atoms with Gasteiger partial charge in [-0.25, -0.2) is 0 Å². The van der Waals surface area contributed by atoms with Crippen LogP contribution in [0.4, 0.5) is 0 Å². The van der Waals surface area contributed by atoms with Gasteiger partial charge in [0.15, 0.2) is 0 Å². The van der Waals surface area contributed by atoms with E-state index in [9.17, 15) is 0 Å². The molecule has 0 bridgehead atoms. The molecule has 0 radical (unpaired) electrons. The predicted octanol–water partition coefficient (Wildman–Crippen LogP) is 2.47. The maximum absolute atomic E-state index is 5.81. The molecule has 0 aliphatic carbocycles. The average molecular weight is 264 g/mol. The minimum atomic E-state index is 0.00868. The summed E-state index contributed by atoms with van der Waals surface area (Å²) in [5.41, 5.74) is 0.856. The lowest BCUT2D eigenvalue weighted by atomic mass is 10.2. The van der Waals surface area contributed by atoms with Crippen LogP contribution in [0.1, 0.15) is 11.7 Å². The van der Waals surface area contributed by atoms with Gasteiger partial charge in [0.1, 0.15) is 12.4 Å². The Kier molecular flexibility index (Phi) is 4.50. The van der Waals surface area contributed by atoms with Crippen LogP contribution in [0.5, 0.6) is 5.75 Å². The molecule has 18 heavy (non-hydrogen) atoms. The number of likely N-dealkylation sites (N-methyl/N-ethyl adjacent to an activating group) is 1. The summed E-state index contributed by atoms with van der Waals surface area (Å²) < 4.78 is 5.68. The van der Waals surface area contributed by atoms with E-state index in [0.29, 0.717) is 11.6 Å². The number of hydrogen-bond donors (Lipinski definition) is 1. The number of aromatic nitrogens is 2. The first-order valence-corrected chi connectivity index (χ1v) is 5.99. The third kappa shape index (κ3) is 3.42. The summed E-state index contributed by atoms with van der Waals surface area (Å²) in [5.74, 6) is 0.781. The molecule has 1 aromatic carbocycles. The summed E-state index contributed by atoms with van der Waals surface area (Å²) in [6, 6.07) is 7.29. The van der Waals surface area contributed by atoms with Crippen molar-refractivity contribution in [2.24, 2.45) is 0 Å². The predicted molar refractivity (Wildman–Crippen MR) is 70.8 cm³/mol. The Labute approximate surface area is 111 Å². The van der Waals surface area contributed by atoms with Crippen molar-refractivity contribution in [3.8, 4) is 5.75 Å². The number of nitrogens with one attached hydrogen (secondary N) is 1. The van der Waals surface area contributed by atoms with Crippen LogP contribution in [0.15, 0.2) is 42.9 Å². The third-order valence-electron chi connectivity index (χ3n) is 2.52. The normalized spacial score (nSPS) is 12.1. The average Bonchev–Trinajstić information content (AvgIpc) is 2.43. The standard InChI is InChI=1S/C13H14ClN3O/c1-15-13(12-8-16-6-7-17-12)9-18-11-4-2-10(14)3-5-11/h2-8,13,15H,9H2,1H3. The van der Waals surface area contributed by atoms with Crippen LogP contribution in [0.2, 0.25) is 5.02 Å². The van der Waals surface area contributed by atoms with Crippen molar-refractivity contribution >= 4 is 11.6 Å². The van der Waals surface area contributed by atoms with Crippen molar-refractivity contribution in [2.45, 2.75) is 6.04 Å². The van der Waals surface area contributed by atoms with E-state index in [1.54, 1.807) is 30.7 Å². The largest absolute Gasteiger partial charge is 0.492 e. The summed E-state index contributed by atoms with van der Waals surface area (Å²) in [5, 5.41) is 3.84. The molecule has 1 N–H and O–H groups in total. The second kappa shape index (κ2) is 6.33. The van der Waals surface area contributed by atoms with Crippen molar-refractivity contribution in [3.63, 3.8) is 0 Å². The highest BCUT2D eigenvalue weighted by molar-refractivity contribution is 6.30. The number of halogens is 1. The van der Waals surface area contributed by atoms with Gasteiger partial charge in [0, 0.05) is 17.4 Å². The van der Waals surface area contributed by atoms with Gasteiger partial charge < -0.3 is 10.1 Å². The van der Waals surface area contributed by atoms with Gasteiger partial charge in [0.25, 0.3) is 0 Å². The fourth-order valence-corrected chi connectivity index (χ4v) is 1.64. The van der Waals surface area contributed by atoms with Crippen LogP contribution in [0.3, 0.4) is 0 Å². The summed E-state index contributed by atoms with van der Waals surface area (Å²) in [6.07, 6.45) is 5.05. The lowest BCUT2D eigenvalue weighted by Gasteiger charge is -2.16. The van der Waals surface area contributed by atoms with Gasteiger partial charge >= 0.3 is 0 Å². The minimum absolute atomic E-state index is 0.00868. The number of rotatable bonds is 5.